The molecule has 16 heavy (non-hydrogen) atoms. The maximum absolute atomic E-state index is 10.3. The fraction of sp³-hybridized carbons (Fsp3) is 0.385. The van der Waals surface area contributed by atoms with E-state index < -0.39 is 11.7 Å². The Hall–Kier alpha value is -0.900. The minimum absolute atomic E-state index is 0.571. The van der Waals surface area contributed by atoms with E-state index in [1.165, 1.54) is 5.39 Å². The zero-order valence-corrected chi connectivity index (χ0v) is 10.5. The highest BCUT2D eigenvalue weighted by Gasteiger charge is 2.30. The van der Waals surface area contributed by atoms with Gasteiger partial charge in [0.05, 0.1) is 5.60 Å². The number of thiophene rings is 1. The van der Waals surface area contributed by atoms with Gasteiger partial charge < -0.3 is 9.84 Å². The summed E-state index contributed by atoms with van der Waals surface area (Å²) in [6, 6.07) is 8.06. The first kappa shape index (κ1) is 11.6. The first-order valence-corrected chi connectivity index (χ1v) is 6.13. The number of rotatable bonds is 3. The Morgan fingerprint density at radius 3 is 2.75 bits per heavy atom. The fourth-order valence-corrected chi connectivity index (χ4v) is 2.66. The minimum Gasteiger partial charge on any atom is -0.385 e. The van der Waals surface area contributed by atoms with Crippen molar-refractivity contribution in [3.63, 3.8) is 0 Å². The van der Waals surface area contributed by atoms with Gasteiger partial charge in [0, 0.05) is 17.4 Å². The van der Waals surface area contributed by atoms with Crippen molar-refractivity contribution in [1.29, 1.82) is 0 Å². The van der Waals surface area contributed by atoms with Crippen molar-refractivity contribution in [2.24, 2.45) is 0 Å². The van der Waals surface area contributed by atoms with Crippen LogP contribution in [0.2, 0.25) is 0 Å². The summed E-state index contributed by atoms with van der Waals surface area (Å²) in [5, 5.41) is 13.6. The van der Waals surface area contributed by atoms with Gasteiger partial charge in [0.15, 0.2) is 0 Å². The second-order valence-electron chi connectivity index (χ2n) is 4.40. The molecule has 3 heteroatoms. The minimum atomic E-state index is -0.611. The third kappa shape index (κ3) is 1.86. The summed E-state index contributed by atoms with van der Waals surface area (Å²) in [5.41, 5.74) is 0.373. The molecule has 2 rings (SSSR count). The largest absolute Gasteiger partial charge is 0.385 e. The van der Waals surface area contributed by atoms with Gasteiger partial charge in [-0.2, -0.15) is 0 Å². The van der Waals surface area contributed by atoms with E-state index in [4.69, 9.17) is 4.74 Å². The van der Waals surface area contributed by atoms with Crippen molar-refractivity contribution in [2.75, 3.05) is 7.11 Å². The molecule has 1 aromatic carbocycles. The van der Waals surface area contributed by atoms with Crippen molar-refractivity contribution in [3.8, 4) is 0 Å². The van der Waals surface area contributed by atoms with Gasteiger partial charge >= 0.3 is 0 Å². The monoisotopic (exact) mass is 236 g/mol. The summed E-state index contributed by atoms with van der Waals surface area (Å²) >= 11 is 1.65. The van der Waals surface area contributed by atoms with Crippen LogP contribution in [0.1, 0.15) is 25.5 Å². The summed E-state index contributed by atoms with van der Waals surface area (Å²) in [4.78, 5) is 0. The summed E-state index contributed by atoms with van der Waals surface area (Å²) < 4.78 is 6.47. The Kier molecular flexibility index (Phi) is 3.02. The highest BCUT2D eigenvalue weighted by Crippen LogP contribution is 2.35. The Bertz CT molecular complexity index is 487. The summed E-state index contributed by atoms with van der Waals surface area (Å²) in [6.45, 7) is 3.79. The summed E-state index contributed by atoms with van der Waals surface area (Å²) in [7, 11) is 1.62. The number of aliphatic hydroxyl groups excluding tert-OH is 1. The first-order chi connectivity index (χ1) is 7.56. The van der Waals surface area contributed by atoms with Crippen molar-refractivity contribution in [1.82, 2.24) is 0 Å². The number of hydrogen-bond acceptors (Lipinski definition) is 3. The molecule has 2 aromatic rings. The molecular weight excluding hydrogens is 220 g/mol. The molecule has 1 aromatic heterocycles. The van der Waals surface area contributed by atoms with Crippen molar-refractivity contribution in [2.45, 2.75) is 25.6 Å². The van der Waals surface area contributed by atoms with Gasteiger partial charge in [-0.25, -0.2) is 0 Å². The van der Waals surface area contributed by atoms with Gasteiger partial charge in [0.1, 0.15) is 6.10 Å². The highest BCUT2D eigenvalue weighted by molar-refractivity contribution is 7.17. The molecule has 0 fully saturated rings. The Balaban J connectivity index is 2.51. The maximum Gasteiger partial charge on any atom is 0.109 e. The average molecular weight is 236 g/mol. The molecule has 1 N–H and O–H groups in total. The highest BCUT2D eigenvalue weighted by atomic mass is 32.1. The van der Waals surface area contributed by atoms with E-state index >= 15 is 0 Å². The SMILES string of the molecule is COC(C)(C)C(O)c1cccc2ccsc12. The Morgan fingerprint density at radius 2 is 2.06 bits per heavy atom. The van der Waals surface area contributed by atoms with Gasteiger partial charge in [0.2, 0.25) is 0 Å². The van der Waals surface area contributed by atoms with E-state index in [2.05, 4.69) is 12.1 Å². The van der Waals surface area contributed by atoms with Crippen LogP contribution in [0, 0.1) is 0 Å². The third-order valence-corrected chi connectivity index (χ3v) is 3.97. The molecular formula is C13H16O2S. The maximum atomic E-state index is 10.3. The van der Waals surface area contributed by atoms with Crippen LogP contribution in [0.15, 0.2) is 29.6 Å². The van der Waals surface area contributed by atoms with Crippen LogP contribution in [0.25, 0.3) is 10.1 Å². The van der Waals surface area contributed by atoms with E-state index in [0.29, 0.717) is 0 Å². The van der Waals surface area contributed by atoms with Crippen molar-refractivity contribution < 1.29 is 9.84 Å². The van der Waals surface area contributed by atoms with Gasteiger partial charge in [0.25, 0.3) is 0 Å². The van der Waals surface area contributed by atoms with Crippen LogP contribution in [0.3, 0.4) is 0 Å². The molecule has 1 heterocycles. The topological polar surface area (TPSA) is 29.5 Å². The zero-order valence-electron chi connectivity index (χ0n) is 9.73. The lowest BCUT2D eigenvalue weighted by Crippen LogP contribution is -2.31. The van der Waals surface area contributed by atoms with Crippen molar-refractivity contribution in [3.05, 3.63) is 35.2 Å². The number of hydrogen-bond donors (Lipinski definition) is 1. The van der Waals surface area contributed by atoms with Gasteiger partial charge in [-0.05, 0) is 30.7 Å². The van der Waals surface area contributed by atoms with Crippen LogP contribution in [-0.4, -0.2) is 17.8 Å². The molecule has 0 amide bonds. The second kappa shape index (κ2) is 4.17. The molecule has 0 saturated heterocycles. The van der Waals surface area contributed by atoms with E-state index in [1.54, 1.807) is 18.4 Å². The molecule has 0 bridgehead atoms. The molecule has 0 aliphatic rings. The van der Waals surface area contributed by atoms with Crippen LogP contribution in [-0.2, 0) is 4.74 Å². The lowest BCUT2D eigenvalue weighted by atomic mass is 9.94. The molecule has 0 aliphatic carbocycles. The normalized spacial score (nSPS) is 14.2. The number of methoxy groups -OCH3 is 1. The molecule has 0 saturated carbocycles. The van der Waals surface area contributed by atoms with Crippen molar-refractivity contribution >= 4 is 21.4 Å². The predicted molar refractivity (Wildman–Crippen MR) is 67.9 cm³/mol. The van der Waals surface area contributed by atoms with Gasteiger partial charge in [-0.3, -0.25) is 0 Å². The fourth-order valence-electron chi connectivity index (χ4n) is 1.72. The molecule has 0 spiro atoms. The smallest absolute Gasteiger partial charge is 0.109 e. The summed E-state index contributed by atoms with van der Waals surface area (Å²) in [6.07, 6.45) is -0.611. The lowest BCUT2D eigenvalue weighted by molar-refractivity contribution is -0.0786. The van der Waals surface area contributed by atoms with E-state index in [-0.39, 0.29) is 0 Å². The number of ether oxygens (including phenoxy) is 1. The Morgan fingerprint density at radius 1 is 1.31 bits per heavy atom. The van der Waals surface area contributed by atoms with Crippen LogP contribution in [0.5, 0.6) is 0 Å². The van der Waals surface area contributed by atoms with Gasteiger partial charge in [-0.15, -0.1) is 11.3 Å². The average Bonchev–Trinajstić information content (AvgIpc) is 2.75. The van der Waals surface area contributed by atoms with E-state index in [0.717, 1.165) is 10.3 Å². The van der Waals surface area contributed by atoms with Crippen LogP contribution in [0.4, 0.5) is 0 Å². The van der Waals surface area contributed by atoms with Crippen LogP contribution < -0.4 is 0 Å². The third-order valence-electron chi connectivity index (χ3n) is 2.99. The molecule has 2 nitrogen and oxygen atoms in total. The van der Waals surface area contributed by atoms with E-state index in [9.17, 15) is 5.11 Å². The second-order valence-corrected chi connectivity index (χ2v) is 5.31. The first-order valence-electron chi connectivity index (χ1n) is 5.25. The Labute approximate surface area is 99.5 Å². The van der Waals surface area contributed by atoms with Gasteiger partial charge in [-0.1, -0.05) is 18.2 Å². The quantitative estimate of drug-likeness (QED) is 0.885. The number of aliphatic hydroxyl groups is 1. The van der Waals surface area contributed by atoms with E-state index in [1.807, 2.05) is 31.4 Å². The molecule has 1 unspecified atom stereocenters. The number of benzene rings is 1. The lowest BCUT2D eigenvalue weighted by Gasteiger charge is -2.29. The molecule has 86 valence electrons. The standard InChI is InChI=1S/C13H16O2S/c1-13(2,15-3)12(14)10-6-4-5-9-7-8-16-11(9)10/h4-8,12,14H,1-3H3. The summed E-state index contributed by atoms with van der Waals surface area (Å²) in [5.74, 6) is 0. The predicted octanol–water partition coefficient (Wildman–Crippen LogP) is 3.36. The zero-order chi connectivity index (χ0) is 11.8. The van der Waals surface area contributed by atoms with Crippen LogP contribution >= 0.6 is 11.3 Å². The molecule has 0 radical (unpaired) electrons. The molecule has 1 atom stereocenters. The molecule has 0 aliphatic heterocycles. The number of fused-ring (bicyclic) bond motifs is 1.